The Morgan fingerprint density at radius 3 is 2.70 bits per heavy atom. The zero-order valence-corrected chi connectivity index (χ0v) is 11.6. The van der Waals surface area contributed by atoms with Crippen LogP contribution in [-0.2, 0) is 6.42 Å². The second-order valence-electron chi connectivity index (χ2n) is 4.23. The third kappa shape index (κ3) is 2.42. The number of halogens is 1. The zero-order chi connectivity index (χ0) is 14.1. The molecular weight excluding hydrogens is 277 g/mol. The molecule has 0 amide bonds. The summed E-state index contributed by atoms with van der Waals surface area (Å²) in [6.45, 7) is 2.07. The average molecular weight is 289 g/mol. The largest absolute Gasteiger partial charge is 0.438 e. The highest BCUT2D eigenvalue weighted by Gasteiger charge is 2.12. The molecule has 6 heteroatoms. The lowest BCUT2D eigenvalue weighted by atomic mass is 10.3. The van der Waals surface area contributed by atoms with Crippen LogP contribution < -0.4 is 10.5 Å². The Balaban J connectivity index is 2.05. The van der Waals surface area contributed by atoms with Gasteiger partial charge in [-0.15, -0.1) is 11.3 Å². The lowest BCUT2D eigenvalue weighted by Crippen LogP contribution is -1.97. The van der Waals surface area contributed by atoms with Crippen molar-refractivity contribution in [3.05, 3.63) is 41.0 Å². The Morgan fingerprint density at radius 2 is 2.00 bits per heavy atom. The molecule has 0 atom stereocenters. The second kappa shape index (κ2) is 5.05. The molecule has 3 aromatic rings. The standard InChI is InChI=1S/C14H12FN3OS/c1-2-10-7-11-12(17-14(16)18-13(11)20-10)19-9-5-3-8(15)4-6-9/h3-7H,2H2,1H3,(H2,16,17,18). The van der Waals surface area contributed by atoms with Crippen LogP contribution in [0, 0.1) is 5.82 Å². The van der Waals surface area contributed by atoms with Crippen molar-refractivity contribution < 1.29 is 9.13 Å². The van der Waals surface area contributed by atoms with Crippen LogP contribution in [0.4, 0.5) is 10.3 Å². The minimum absolute atomic E-state index is 0.166. The SMILES string of the molecule is CCc1cc2c(Oc3ccc(F)cc3)nc(N)nc2s1. The Labute approximate surface area is 119 Å². The van der Waals surface area contributed by atoms with Crippen LogP contribution in [0.25, 0.3) is 10.2 Å². The molecule has 4 nitrogen and oxygen atoms in total. The van der Waals surface area contributed by atoms with Gasteiger partial charge in [-0.3, -0.25) is 0 Å². The minimum Gasteiger partial charge on any atom is -0.438 e. The van der Waals surface area contributed by atoms with E-state index in [-0.39, 0.29) is 11.8 Å². The molecule has 0 aliphatic carbocycles. The van der Waals surface area contributed by atoms with Gasteiger partial charge in [0.25, 0.3) is 0 Å². The first-order valence-corrected chi connectivity index (χ1v) is 6.96. The lowest BCUT2D eigenvalue weighted by Gasteiger charge is -2.06. The van der Waals surface area contributed by atoms with Crippen LogP contribution in [0.3, 0.4) is 0 Å². The Morgan fingerprint density at radius 1 is 1.25 bits per heavy atom. The number of aromatic nitrogens is 2. The molecule has 0 aliphatic heterocycles. The first kappa shape index (κ1) is 12.8. The van der Waals surface area contributed by atoms with Crippen molar-refractivity contribution in [2.45, 2.75) is 13.3 Å². The normalized spacial score (nSPS) is 10.9. The summed E-state index contributed by atoms with van der Waals surface area (Å²) in [5.41, 5.74) is 5.70. The van der Waals surface area contributed by atoms with E-state index < -0.39 is 0 Å². The molecule has 0 saturated carbocycles. The summed E-state index contributed by atoms with van der Waals surface area (Å²) in [4.78, 5) is 10.3. The molecule has 0 spiro atoms. The zero-order valence-electron chi connectivity index (χ0n) is 10.8. The summed E-state index contributed by atoms with van der Waals surface area (Å²) in [5, 5.41) is 0.824. The average Bonchev–Trinajstić information content (AvgIpc) is 2.84. The molecule has 3 rings (SSSR count). The van der Waals surface area contributed by atoms with Crippen LogP contribution >= 0.6 is 11.3 Å². The van der Waals surface area contributed by atoms with Crippen LogP contribution in [0.5, 0.6) is 11.6 Å². The number of fused-ring (bicyclic) bond motifs is 1. The molecule has 0 radical (unpaired) electrons. The number of anilines is 1. The van der Waals surface area contributed by atoms with E-state index in [0.29, 0.717) is 11.6 Å². The monoisotopic (exact) mass is 289 g/mol. The van der Waals surface area contributed by atoms with Gasteiger partial charge in [0, 0.05) is 4.88 Å². The molecule has 1 aromatic carbocycles. The van der Waals surface area contributed by atoms with E-state index in [1.54, 1.807) is 23.5 Å². The Kier molecular flexibility index (Phi) is 3.23. The second-order valence-corrected chi connectivity index (χ2v) is 5.34. The number of nitrogens with zero attached hydrogens (tertiary/aromatic N) is 2. The highest BCUT2D eigenvalue weighted by atomic mass is 32.1. The van der Waals surface area contributed by atoms with E-state index in [0.717, 1.165) is 16.6 Å². The molecule has 102 valence electrons. The van der Waals surface area contributed by atoms with Crippen molar-refractivity contribution in [3.8, 4) is 11.6 Å². The van der Waals surface area contributed by atoms with Crippen LogP contribution in [-0.4, -0.2) is 9.97 Å². The van der Waals surface area contributed by atoms with Crippen molar-refractivity contribution >= 4 is 27.5 Å². The third-order valence-corrected chi connectivity index (χ3v) is 3.98. The van der Waals surface area contributed by atoms with Gasteiger partial charge in [-0.05, 0) is 36.8 Å². The van der Waals surface area contributed by atoms with Crippen LogP contribution in [0.2, 0.25) is 0 Å². The maximum Gasteiger partial charge on any atom is 0.232 e. The maximum atomic E-state index is 12.9. The van der Waals surface area contributed by atoms with Gasteiger partial charge in [-0.2, -0.15) is 4.98 Å². The number of hydrogen-bond acceptors (Lipinski definition) is 5. The molecular formula is C14H12FN3OS. The third-order valence-electron chi connectivity index (χ3n) is 2.80. The predicted octanol–water partition coefficient (Wildman–Crippen LogP) is 3.77. The number of nitrogen functional groups attached to an aromatic ring is 1. The number of nitrogens with two attached hydrogens (primary N) is 1. The van der Waals surface area contributed by atoms with Gasteiger partial charge in [-0.1, -0.05) is 6.92 Å². The van der Waals surface area contributed by atoms with Crippen molar-refractivity contribution in [2.24, 2.45) is 0 Å². The number of thiophene rings is 1. The number of hydrogen-bond donors (Lipinski definition) is 1. The smallest absolute Gasteiger partial charge is 0.232 e. The molecule has 0 unspecified atom stereocenters. The number of ether oxygens (including phenoxy) is 1. The van der Waals surface area contributed by atoms with Crippen LogP contribution in [0.1, 0.15) is 11.8 Å². The van der Waals surface area contributed by atoms with Gasteiger partial charge in [0.1, 0.15) is 16.4 Å². The predicted molar refractivity (Wildman–Crippen MR) is 77.7 cm³/mol. The minimum atomic E-state index is -0.312. The highest BCUT2D eigenvalue weighted by Crippen LogP contribution is 2.33. The van der Waals surface area contributed by atoms with Gasteiger partial charge in [0.15, 0.2) is 0 Å². The highest BCUT2D eigenvalue weighted by molar-refractivity contribution is 7.18. The maximum absolute atomic E-state index is 12.9. The van der Waals surface area contributed by atoms with E-state index >= 15 is 0 Å². The Hall–Kier alpha value is -2.21. The summed E-state index contributed by atoms with van der Waals surface area (Å²) in [7, 11) is 0. The fourth-order valence-electron chi connectivity index (χ4n) is 1.83. The van der Waals surface area contributed by atoms with Gasteiger partial charge in [0.05, 0.1) is 5.39 Å². The number of aryl methyl sites for hydroxylation is 1. The summed E-state index contributed by atoms with van der Waals surface area (Å²) in [6, 6.07) is 7.77. The fourth-order valence-corrected chi connectivity index (χ4v) is 2.79. The molecule has 20 heavy (non-hydrogen) atoms. The lowest BCUT2D eigenvalue weighted by molar-refractivity contribution is 0.467. The van der Waals surface area contributed by atoms with Gasteiger partial charge < -0.3 is 10.5 Å². The first-order valence-electron chi connectivity index (χ1n) is 6.15. The molecule has 0 fully saturated rings. The van der Waals surface area contributed by atoms with Crippen molar-refractivity contribution in [3.63, 3.8) is 0 Å². The van der Waals surface area contributed by atoms with Crippen molar-refractivity contribution in [1.29, 1.82) is 0 Å². The molecule has 2 aromatic heterocycles. The summed E-state index contributed by atoms with van der Waals surface area (Å²) < 4.78 is 18.6. The van der Waals surface area contributed by atoms with Crippen molar-refractivity contribution in [2.75, 3.05) is 5.73 Å². The van der Waals surface area contributed by atoms with Crippen molar-refractivity contribution in [1.82, 2.24) is 9.97 Å². The molecule has 0 aliphatic rings. The van der Waals surface area contributed by atoms with E-state index in [2.05, 4.69) is 16.9 Å². The van der Waals surface area contributed by atoms with E-state index in [1.807, 2.05) is 6.07 Å². The molecule has 0 saturated heterocycles. The number of rotatable bonds is 3. The Bertz CT molecular complexity index is 755. The quantitative estimate of drug-likeness (QED) is 0.797. The van der Waals surface area contributed by atoms with E-state index in [1.165, 1.54) is 17.0 Å². The van der Waals surface area contributed by atoms with Gasteiger partial charge >= 0.3 is 0 Å². The van der Waals surface area contributed by atoms with Gasteiger partial charge in [-0.25, -0.2) is 9.37 Å². The summed E-state index contributed by atoms with van der Waals surface area (Å²) >= 11 is 1.57. The van der Waals surface area contributed by atoms with Crippen LogP contribution in [0.15, 0.2) is 30.3 Å². The molecule has 2 heterocycles. The van der Waals surface area contributed by atoms with E-state index in [4.69, 9.17) is 10.5 Å². The summed E-state index contributed by atoms with van der Waals surface area (Å²) in [6.07, 6.45) is 0.914. The summed E-state index contributed by atoms with van der Waals surface area (Å²) in [5.74, 6) is 0.762. The van der Waals surface area contributed by atoms with Gasteiger partial charge in [0.2, 0.25) is 11.8 Å². The number of benzene rings is 1. The first-order chi connectivity index (χ1) is 9.65. The fraction of sp³-hybridized carbons (Fsp3) is 0.143. The molecule has 2 N–H and O–H groups in total. The van der Waals surface area contributed by atoms with E-state index in [9.17, 15) is 4.39 Å². The molecule has 0 bridgehead atoms. The topological polar surface area (TPSA) is 61.0 Å².